The van der Waals surface area contributed by atoms with Gasteiger partial charge in [0.05, 0.1) is 11.4 Å². The molecule has 4 rings (SSSR count). The van der Waals surface area contributed by atoms with Crippen molar-refractivity contribution < 1.29 is 4.79 Å². The van der Waals surface area contributed by atoms with Crippen LogP contribution in [0.25, 0.3) is 16.5 Å². The van der Waals surface area contributed by atoms with E-state index in [0.717, 1.165) is 35.2 Å². The lowest BCUT2D eigenvalue weighted by Gasteiger charge is -2.33. The molecule has 7 nitrogen and oxygen atoms in total. The van der Waals surface area contributed by atoms with Crippen molar-refractivity contribution in [3.05, 3.63) is 48.0 Å². The van der Waals surface area contributed by atoms with Crippen LogP contribution < -0.4 is 5.32 Å². The van der Waals surface area contributed by atoms with Gasteiger partial charge in [-0.3, -0.25) is 9.78 Å². The number of pyridine rings is 1. The highest BCUT2D eigenvalue weighted by Gasteiger charge is 2.28. The lowest BCUT2D eigenvalue weighted by Crippen LogP contribution is -2.52. The van der Waals surface area contributed by atoms with Gasteiger partial charge in [-0.2, -0.15) is 0 Å². The average Bonchev–Trinajstić information content (AvgIpc) is 3.02. The molecule has 1 aliphatic heterocycles. The van der Waals surface area contributed by atoms with E-state index in [4.69, 9.17) is 0 Å². The highest BCUT2D eigenvalue weighted by atomic mass is 35.5. The first-order chi connectivity index (χ1) is 12.2. The van der Waals surface area contributed by atoms with Gasteiger partial charge in [-0.25, -0.2) is 4.68 Å². The van der Waals surface area contributed by atoms with Crippen LogP contribution in [0.15, 0.2) is 36.7 Å². The van der Waals surface area contributed by atoms with E-state index in [1.165, 1.54) is 0 Å². The second-order valence-corrected chi connectivity index (χ2v) is 6.36. The fourth-order valence-corrected chi connectivity index (χ4v) is 3.32. The van der Waals surface area contributed by atoms with Crippen molar-refractivity contribution in [2.45, 2.75) is 19.9 Å². The minimum absolute atomic E-state index is 0. The quantitative estimate of drug-likeness (QED) is 0.704. The summed E-state index contributed by atoms with van der Waals surface area (Å²) < 4.78 is 1.74. The number of carbonyl (C=O) groups is 1. The highest BCUT2D eigenvalue weighted by molar-refractivity contribution is 5.94. The van der Waals surface area contributed by atoms with E-state index in [2.05, 4.69) is 20.6 Å². The summed E-state index contributed by atoms with van der Waals surface area (Å²) in [6, 6.07) is 8.04. The van der Waals surface area contributed by atoms with E-state index in [0.29, 0.717) is 12.2 Å². The molecule has 1 N–H and O–H groups in total. The summed E-state index contributed by atoms with van der Waals surface area (Å²) in [5, 5.41) is 13.8. The molecule has 0 saturated carbocycles. The molecule has 27 heavy (non-hydrogen) atoms. The zero-order valence-electron chi connectivity index (χ0n) is 15.1. The van der Waals surface area contributed by atoms with Crippen molar-refractivity contribution in [3.63, 3.8) is 0 Å². The van der Waals surface area contributed by atoms with Crippen LogP contribution in [0.3, 0.4) is 0 Å². The molecule has 0 aliphatic carbocycles. The number of aromatic nitrogens is 4. The van der Waals surface area contributed by atoms with Crippen LogP contribution in [0.4, 0.5) is 0 Å². The predicted octanol–water partition coefficient (Wildman–Crippen LogP) is 2.40. The van der Waals surface area contributed by atoms with Crippen molar-refractivity contribution in [3.8, 4) is 5.69 Å². The van der Waals surface area contributed by atoms with Crippen LogP contribution in [0.1, 0.15) is 23.1 Å². The van der Waals surface area contributed by atoms with E-state index in [-0.39, 0.29) is 36.8 Å². The van der Waals surface area contributed by atoms with Gasteiger partial charge in [0.25, 0.3) is 5.91 Å². The first kappa shape index (κ1) is 21.1. The Morgan fingerprint density at radius 2 is 2.07 bits per heavy atom. The van der Waals surface area contributed by atoms with Crippen LogP contribution in [-0.4, -0.2) is 56.5 Å². The highest BCUT2D eigenvalue weighted by Crippen LogP contribution is 2.23. The second-order valence-electron chi connectivity index (χ2n) is 6.36. The molecule has 144 valence electrons. The maximum absolute atomic E-state index is 12.9. The maximum atomic E-state index is 12.9. The summed E-state index contributed by atoms with van der Waals surface area (Å²) in [7, 11) is 0. The van der Waals surface area contributed by atoms with Gasteiger partial charge in [0, 0.05) is 48.8 Å². The van der Waals surface area contributed by atoms with E-state index in [1.54, 1.807) is 10.9 Å². The molecule has 9 heteroatoms. The van der Waals surface area contributed by atoms with Crippen molar-refractivity contribution in [1.29, 1.82) is 0 Å². The SMILES string of the molecule is Cc1c(C(=O)N2CCNC[C@@H]2C)nnn1-c1cccc2cnccc12.Cl.Cl. The molecule has 3 heterocycles. The molecule has 1 amide bonds. The molecule has 0 bridgehead atoms. The zero-order chi connectivity index (χ0) is 17.4. The summed E-state index contributed by atoms with van der Waals surface area (Å²) in [6.07, 6.45) is 3.58. The molecular weight excluding hydrogens is 387 g/mol. The van der Waals surface area contributed by atoms with Crippen molar-refractivity contribution in [1.82, 2.24) is 30.2 Å². The third-order valence-electron chi connectivity index (χ3n) is 4.75. The summed E-state index contributed by atoms with van der Waals surface area (Å²) >= 11 is 0. The molecule has 0 unspecified atom stereocenters. The fourth-order valence-electron chi connectivity index (χ4n) is 3.32. The van der Waals surface area contributed by atoms with Gasteiger partial charge in [0.15, 0.2) is 5.69 Å². The van der Waals surface area contributed by atoms with Gasteiger partial charge in [0.2, 0.25) is 0 Å². The molecule has 1 aromatic carbocycles. The van der Waals surface area contributed by atoms with E-state index in [9.17, 15) is 4.79 Å². The number of benzene rings is 1. The van der Waals surface area contributed by atoms with Crippen LogP contribution in [-0.2, 0) is 0 Å². The van der Waals surface area contributed by atoms with Crippen LogP contribution in [0.5, 0.6) is 0 Å². The summed E-state index contributed by atoms with van der Waals surface area (Å²) in [5.41, 5.74) is 2.07. The topological polar surface area (TPSA) is 75.9 Å². The number of hydrogen-bond acceptors (Lipinski definition) is 5. The first-order valence-electron chi connectivity index (χ1n) is 8.44. The fraction of sp³-hybridized carbons (Fsp3) is 0.333. The minimum Gasteiger partial charge on any atom is -0.332 e. The third kappa shape index (κ3) is 3.76. The molecule has 0 radical (unpaired) electrons. The number of hydrogen-bond donors (Lipinski definition) is 1. The molecule has 3 aromatic rings. The smallest absolute Gasteiger partial charge is 0.276 e. The number of amides is 1. The Labute approximate surface area is 170 Å². The number of nitrogens with zero attached hydrogens (tertiary/aromatic N) is 5. The number of fused-ring (bicyclic) bond motifs is 1. The third-order valence-corrected chi connectivity index (χ3v) is 4.75. The van der Waals surface area contributed by atoms with Gasteiger partial charge in [0.1, 0.15) is 0 Å². The standard InChI is InChI=1S/C18H20N6O.2ClH/c1-12-10-20-8-9-23(12)18(25)17-13(2)24(22-21-17)16-5-3-4-14-11-19-7-6-15(14)16;;/h3-7,11-12,20H,8-10H2,1-2H3;2*1H/t12-;;/m0../s1. The van der Waals surface area contributed by atoms with E-state index >= 15 is 0 Å². The summed E-state index contributed by atoms with van der Waals surface area (Å²) in [4.78, 5) is 18.9. The molecule has 0 spiro atoms. The van der Waals surface area contributed by atoms with Crippen molar-refractivity contribution in [2.75, 3.05) is 19.6 Å². The Bertz CT molecular complexity index is 939. The van der Waals surface area contributed by atoms with Gasteiger partial charge >= 0.3 is 0 Å². The van der Waals surface area contributed by atoms with Gasteiger partial charge in [-0.1, -0.05) is 17.3 Å². The minimum atomic E-state index is -0.0559. The molecule has 2 aromatic heterocycles. The number of halogens is 2. The van der Waals surface area contributed by atoms with E-state index < -0.39 is 0 Å². The van der Waals surface area contributed by atoms with Gasteiger partial charge in [-0.15, -0.1) is 29.9 Å². The number of rotatable bonds is 2. The van der Waals surface area contributed by atoms with Gasteiger partial charge in [-0.05, 0) is 26.0 Å². The Kier molecular flexibility index (Phi) is 6.75. The Morgan fingerprint density at radius 3 is 2.85 bits per heavy atom. The normalized spacial score (nSPS) is 16.5. The lowest BCUT2D eigenvalue weighted by atomic mass is 10.1. The maximum Gasteiger partial charge on any atom is 0.276 e. The zero-order valence-corrected chi connectivity index (χ0v) is 16.8. The largest absolute Gasteiger partial charge is 0.332 e. The molecule has 1 aliphatic rings. The van der Waals surface area contributed by atoms with Crippen LogP contribution in [0, 0.1) is 6.92 Å². The van der Waals surface area contributed by atoms with Gasteiger partial charge < -0.3 is 10.2 Å². The Balaban J connectivity index is 0.00000131. The predicted molar refractivity (Wildman–Crippen MR) is 109 cm³/mol. The summed E-state index contributed by atoms with van der Waals surface area (Å²) in [6.45, 7) is 6.22. The molecule has 1 atom stereocenters. The molecule has 1 fully saturated rings. The molecular formula is C18H22Cl2N6O. The first-order valence-corrected chi connectivity index (χ1v) is 8.44. The number of nitrogens with one attached hydrogen (secondary N) is 1. The second kappa shape index (κ2) is 8.65. The average molecular weight is 409 g/mol. The number of carbonyl (C=O) groups excluding carboxylic acids is 1. The molecule has 1 saturated heterocycles. The monoisotopic (exact) mass is 408 g/mol. The van der Waals surface area contributed by atoms with E-state index in [1.807, 2.05) is 49.2 Å². The van der Waals surface area contributed by atoms with Crippen LogP contribution >= 0.6 is 24.8 Å². The van der Waals surface area contributed by atoms with Crippen molar-refractivity contribution in [2.24, 2.45) is 0 Å². The Hall–Kier alpha value is -2.22. The Morgan fingerprint density at radius 1 is 1.26 bits per heavy atom. The number of piperazine rings is 1. The van der Waals surface area contributed by atoms with Crippen molar-refractivity contribution >= 4 is 41.5 Å². The summed E-state index contributed by atoms with van der Waals surface area (Å²) in [5.74, 6) is -0.0559. The lowest BCUT2D eigenvalue weighted by molar-refractivity contribution is 0.0649. The van der Waals surface area contributed by atoms with Crippen LogP contribution in [0.2, 0.25) is 0 Å².